The Kier molecular flexibility index (Phi) is 30.7. The molecule has 5 rings (SSSR count). The number of aliphatic imine (C=N–C) groups is 1. The van der Waals surface area contributed by atoms with Crippen molar-refractivity contribution in [1.29, 1.82) is 0 Å². The topological polar surface area (TPSA) is 518 Å². The maximum atomic E-state index is 15.2. The number of aromatic amines is 1. The van der Waals surface area contributed by atoms with Crippen molar-refractivity contribution in [2.45, 2.75) is 157 Å². The van der Waals surface area contributed by atoms with Crippen LogP contribution in [0.4, 0.5) is 0 Å². The van der Waals surface area contributed by atoms with Gasteiger partial charge in [-0.2, -0.15) is 0 Å². The highest BCUT2D eigenvalue weighted by Crippen LogP contribution is 2.27. The molecule has 1 aromatic carbocycles. The highest BCUT2D eigenvalue weighted by molar-refractivity contribution is 8.77. The summed E-state index contributed by atoms with van der Waals surface area (Å²) in [4.78, 5) is 192. The first-order chi connectivity index (χ1) is 43.5. The highest BCUT2D eigenvalue weighted by Gasteiger charge is 2.42. The van der Waals surface area contributed by atoms with Gasteiger partial charge in [0.25, 0.3) is 0 Å². The number of carboxylic acids is 1. The lowest BCUT2D eigenvalue weighted by Gasteiger charge is -2.30. The highest BCUT2D eigenvalue weighted by atomic mass is 33.1. The molecule has 3 fully saturated rings. The maximum Gasteiger partial charge on any atom is 0.305 e. The Morgan fingerprint density at radius 3 is 1.74 bits per heavy atom. The number of para-hydroxylation sites is 1. The fourth-order valence-corrected chi connectivity index (χ4v) is 14.5. The number of unbranched alkanes of at least 4 members (excludes halogenated alkanes) is 2. The van der Waals surface area contributed by atoms with Crippen LogP contribution in [0.1, 0.15) is 90.0 Å². The van der Waals surface area contributed by atoms with E-state index in [1.807, 2.05) is 13.8 Å². The van der Waals surface area contributed by atoms with Crippen LogP contribution in [0.15, 0.2) is 35.5 Å². The van der Waals surface area contributed by atoms with Crippen LogP contribution in [-0.2, 0) is 68.7 Å². The third-order valence-corrected chi connectivity index (χ3v) is 19.6. The Balaban J connectivity index is 1.71. The predicted molar refractivity (Wildman–Crippen MR) is 342 cm³/mol. The third-order valence-electron chi connectivity index (χ3n) is 14.8. The molecule has 0 aliphatic carbocycles. The van der Waals surface area contributed by atoms with Gasteiger partial charge in [0.15, 0.2) is 5.96 Å². The van der Waals surface area contributed by atoms with Crippen molar-refractivity contribution in [1.82, 2.24) is 63.1 Å². The SMILES string of the molecule is CCCC[C@@H]1NC(=O)[C@H](CCCC)NC(=O)[C@H](Cc2c[nH]c3ccccc23)NC(=O)[C@@H]2CSSC[C@H](NC(=O)CN)C(=O)N[C@@H](CSSC[C@@H](C(N)=O)NC1=O)C(=O)N[C@@H](CO)C(=O)N[C@@H](CC(=O)O)C(=O)N1CCC[C@H]1C(=O)N[C@@H](CCCN=C(N)N)C(=O)N2. The van der Waals surface area contributed by atoms with Gasteiger partial charge in [0.2, 0.25) is 70.9 Å². The number of aliphatic hydroxyl groups excluding tert-OH is 1. The predicted octanol–water partition coefficient (Wildman–Crippen LogP) is -4.32. The molecule has 91 heavy (non-hydrogen) atoms. The fourth-order valence-electron chi connectivity index (χ4n) is 9.84. The molecule has 4 heterocycles. The number of nitrogens with zero attached hydrogens (tertiary/aromatic N) is 2. The fraction of sp³-hybridized carbons (Fsp3) is 0.600. The number of amides is 12. The summed E-state index contributed by atoms with van der Waals surface area (Å²) in [5.74, 6) is -14.7. The standard InChI is InChI=1S/C55H83N17O15S4/c1-3-5-12-31-45(78)63-32(13-6-4-2)46(79)69-37(44(57)77)24-88-90-27-40-52(85)68-36(23-73)49(82)67-35(20-43(75)76)54(87)72-18-10-16-41(72)53(86)65-33(15-9-17-60-55(58)59)47(80)70-39(26-91-89-25-38(50(83)71-40)62-42(74)21-56)51(84)66-34(48(81)64-31)19-28-22-61-30-14-8-7-11-29(28)30/h7-8,11,14,22,31-41,61,73H,3-6,9-10,12-13,15-21,23-27,56H2,1-2H3,(H2,57,77)(H,62,74)(H,63,78)(H,64,81)(H,65,86)(H,66,84)(H,67,82)(H,68,85)(H,69,79)(H,70,80)(H,71,83)(H,75,76)(H4,58,59,60)/t31-,32-,33-,34-,35-,36-,37-,38-,39-,40-,41-/m0/s1. The van der Waals surface area contributed by atoms with E-state index >= 15 is 4.79 Å². The molecule has 32 nitrogen and oxygen atoms in total. The molecule has 11 atom stereocenters. The number of carbonyl (C=O) groups excluding carboxylic acids is 12. The molecule has 1 aromatic heterocycles. The number of benzene rings is 1. The lowest BCUT2D eigenvalue weighted by atomic mass is 10.0. The van der Waals surface area contributed by atoms with E-state index in [2.05, 4.69) is 63.1 Å². The number of guanidine groups is 1. The summed E-state index contributed by atoms with van der Waals surface area (Å²) in [5.41, 5.74) is 23.9. The van der Waals surface area contributed by atoms with E-state index in [0.29, 0.717) is 42.1 Å². The van der Waals surface area contributed by atoms with Gasteiger partial charge in [0.05, 0.1) is 19.6 Å². The summed E-state index contributed by atoms with van der Waals surface area (Å²) < 4.78 is 0. The lowest BCUT2D eigenvalue weighted by molar-refractivity contribution is -0.146. The smallest absolute Gasteiger partial charge is 0.305 e. The van der Waals surface area contributed by atoms with Gasteiger partial charge >= 0.3 is 5.97 Å². The molecular weight excluding hydrogens is 1270 g/mol. The van der Waals surface area contributed by atoms with E-state index in [0.717, 1.165) is 48.1 Å². The lowest BCUT2D eigenvalue weighted by Crippen LogP contribution is -2.61. The Morgan fingerprint density at radius 1 is 0.626 bits per heavy atom. The van der Waals surface area contributed by atoms with Crippen LogP contribution in [0, 0.1) is 0 Å². The average Bonchev–Trinajstić information content (AvgIpc) is 1.96. The monoisotopic (exact) mass is 1350 g/mol. The van der Waals surface area contributed by atoms with Crippen molar-refractivity contribution in [2.75, 3.05) is 49.3 Å². The maximum absolute atomic E-state index is 15.2. The van der Waals surface area contributed by atoms with E-state index in [-0.39, 0.29) is 81.3 Å². The largest absolute Gasteiger partial charge is 0.481 e. The number of aliphatic carboxylic acids is 1. The third kappa shape index (κ3) is 23.3. The van der Waals surface area contributed by atoms with Crippen molar-refractivity contribution < 1.29 is 72.5 Å². The molecule has 502 valence electrons. The Labute approximate surface area is 540 Å². The first-order valence-corrected chi connectivity index (χ1v) is 34.7. The van der Waals surface area contributed by atoms with Gasteiger partial charge in [-0.25, -0.2) is 0 Å². The molecule has 0 saturated carbocycles. The van der Waals surface area contributed by atoms with Crippen LogP contribution in [0.2, 0.25) is 0 Å². The van der Waals surface area contributed by atoms with Crippen molar-refractivity contribution in [3.63, 3.8) is 0 Å². The molecule has 3 saturated heterocycles. The number of rotatable bonds is 18. The van der Waals surface area contributed by atoms with Crippen LogP contribution in [0.3, 0.4) is 0 Å². The molecule has 3 aliphatic heterocycles. The number of aliphatic hydroxyl groups is 1. The number of aromatic nitrogens is 1. The number of H-pyrrole nitrogens is 1. The van der Waals surface area contributed by atoms with Crippen LogP contribution in [-0.4, -0.2) is 219 Å². The molecule has 12 amide bonds. The first-order valence-electron chi connectivity index (χ1n) is 29.7. The van der Waals surface area contributed by atoms with Crippen molar-refractivity contribution in [3.05, 3.63) is 36.0 Å². The molecule has 2 bridgehead atoms. The number of nitrogens with two attached hydrogens (primary N) is 4. The van der Waals surface area contributed by atoms with Crippen LogP contribution >= 0.6 is 43.2 Å². The summed E-state index contributed by atoms with van der Waals surface area (Å²) in [6.07, 6.45) is 2.55. The molecule has 21 N–H and O–H groups in total. The zero-order chi connectivity index (χ0) is 66.7. The van der Waals surface area contributed by atoms with Crippen LogP contribution in [0.5, 0.6) is 0 Å². The van der Waals surface area contributed by atoms with Gasteiger partial charge < -0.3 is 96.2 Å². The van der Waals surface area contributed by atoms with Gasteiger partial charge in [-0.1, -0.05) is 101 Å². The minimum Gasteiger partial charge on any atom is -0.481 e. The number of fused-ring (bicyclic) bond motifs is 10. The zero-order valence-corrected chi connectivity index (χ0v) is 53.7. The number of primary amides is 1. The molecule has 3 aliphatic rings. The van der Waals surface area contributed by atoms with E-state index < -0.39 is 169 Å². The van der Waals surface area contributed by atoms with Gasteiger partial charge in [-0.15, -0.1) is 0 Å². The Hall–Kier alpha value is -7.54. The molecule has 36 heteroatoms. The van der Waals surface area contributed by atoms with Crippen molar-refractivity contribution in [2.24, 2.45) is 27.9 Å². The summed E-state index contributed by atoms with van der Waals surface area (Å²) in [5, 5.41) is 47.0. The van der Waals surface area contributed by atoms with Gasteiger partial charge in [-0.05, 0) is 50.2 Å². The van der Waals surface area contributed by atoms with Crippen molar-refractivity contribution >= 4 is 137 Å². The summed E-state index contributed by atoms with van der Waals surface area (Å²) in [6, 6.07) is -9.88. The van der Waals surface area contributed by atoms with E-state index in [4.69, 9.17) is 22.9 Å². The number of hydrogen-bond acceptors (Lipinski definition) is 20. The van der Waals surface area contributed by atoms with Gasteiger partial charge in [0, 0.05) is 59.6 Å². The summed E-state index contributed by atoms with van der Waals surface area (Å²) in [6.45, 7) is 1.78. The number of nitrogens with one attached hydrogen (secondary N) is 11. The second kappa shape index (κ2) is 37.7. The second-order valence-electron chi connectivity index (χ2n) is 21.7. The quantitative estimate of drug-likeness (QED) is 0.0290. The Bertz CT molecular complexity index is 2960. The average molecular weight is 1350 g/mol. The summed E-state index contributed by atoms with van der Waals surface area (Å²) >= 11 is 0. The number of hydrogen-bond donors (Lipinski definition) is 17. The Morgan fingerprint density at radius 2 is 1.14 bits per heavy atom. The van der Waals surface area contributed by atoms with E-state index in [1.165, 1.54) is 0 Å². The molecule has 2 aromatic rings. The second-order valence-corrected chi connectivity index (χ2v) is 26.8. The molecule has 0 unspecified atom stereocenters. The van der Waals surface area contributed by atoms with E-state index in [1.54, 1.807) is 30.5 Å². The van der Waals surface area contributed by atoms with Gasteiger partial charge in [0.1, 0.15) is 66.5 Å². The minimum atomic E-state index is -1.92. The number of carbonyl (C=O) groups is 13. The van der Waals surface area contributed by atoms with Crippen LogP contribution < -0.4 is 76.1 Å². The summed E-state index contributed by atoms with van der Waals surface area (Å²) in [7, 11) is 3.60. The van der Waals surface area contributed by atoms with Gasteiger partial charge in [-0.3, -0.25) is 67.3 Å². The number of carboxylic acid groups (broad SMARTS) is 1. The normalized spacial score (nSPS) is 26.2. The van der Waals surface area contributed by atoms with Crippen molar-refractivity contribution in [3.8, 4) is 0 Å². The van der Waals surface area contributed by atoms with E-state index in [9.17, 15) is 67.7 Å². The first kappa shape index (κ1) is 74.2. The molecule has 0 radical (unpaired) electrons. The molecular formula is C55H83N17O15S4. The van der Waals surface area contributed by atoms with Crippen LogP contribution in [0.25, 0.3) is 10.9 Å². The zero-order valence-electron chi connectivity index (χ0n) is 50.4. The molecule has 0 spiro atoms. The minimum absolute atomic E-state index is 0.00386.